The van der Waals surface area contributed by atoms with Crippen molar-refractivity contribution >= 4 is 51.0 Å². The Balaban J connectivity index is 1.77. The summed E-state index contributed by atoms with van der Waals surface area (Å²) >= 11 is 12.8. The molecule has 0 nitrogen and oxygen atoms in total. The highest BCUT2D eigenvalue weighted by atomic mass is 35.5. The average Bonchev–Trinajstić information content (AvgIpc) is 2.63. The SMILES string of the molecule is Clc1ccc(CPc2ccccc2)c(CPc2ccccc2)c1Cl. The molecule has 4 heteroatoms. The van der Waals surface area contributed by atoms with Crippen molar-refractivity contribution < 1.29 is 0 Å². The maximum absolute atomic E-state index is 6.52. The zero-order chi connectivity index (χ0) is 16.8. The van der Waals surface area contributed by atoms with Crippen LogP contribution >= 0.6 is 40.4 Å². The van der Waals surface area contributed by atoms with Gasteiger partial charge in [-0.05, 0) is 40.1 Å². The summed E-state index contributed by atoms with van der Waals surface area (Å²) in [7, 11) is 1.45. The van der Waals surface area contributed by atoms with Crippen molar-refractivity contribution in [3.05, 3.63) is 94.0 Å². The number of halogens is 2. The molecule has 0 aliphatic heterocycles. The fourth-order valence-corrected chi connectivity index (χ4v) is 5.40. The van der Waals surface area contributed by atoms with Gasteiger partial charge in [-0.15, -0.1) is 0 Å². The molecule has 122 valence electrons. The predicted octanol–water partition coefficient (Wildman–Crippen LogP) is 6.00. The Morgan fingerprint density at radius 1 is 0.625 bits per heavy atom. The van der Waals surface area contributed by atoms with Crippen LogP contribution in [0, 0.1) is 0 Å². The van der Waals surface area contributed by atoms with Gasteiger partial charge in [-0.2, -0.15) is 0 Å². The highest BCUT2D eigenvalue weighted by molar-refractivity contribution is 7.46. The monoisotopic (exact) mass is 390 g/mol. The fourth-order valence-electron chi connectivity index (χ4n) is 2.49. The maximum Gasteiger partial charge on any atom is 0.0630 e. The lowest BCUT2D eigenvalue weighted by molar-refractivity contribution is 1.28. The Morgan fingerprint density at radius 2 is 1.17 bits per heavy atom. The molecule has 0 spiro atoms. The van der Waals surface area contributed by atoms with E-state index in [2.05, 4.69) is 60.7 Å². The van der Waals surface area contributed by atoms with E-state index in [0.717, 1.165) is 25.9 Å². The lowest BCUT2D eigenvalue weighted by Crippen LogP contribution is -1.99. The minimum Gasteiger partial charge on any atom is -0.0859 e. The summed E-state index contributed by atoms with van der Waals surface area (Å²) in [6.45, 7) is 0. The van der Waals surface area contributed by atoms with Crippen LogP contribution in [0.2, 0.25) is 10.0 Å². The molecule has 3 rings (SSSR count). The molecule has 0 radical (unpaired) electrons. The Labute approximate surface area is 157 Å². The van der Waals surface area contributed by atoms with E-state index in [1.54, 1.807) is 0 Å². The summed E-state index contributed by atoms with van der Waals surface area (Å²) in [6.07, 6.45) is 1.95. The van der Waals surface area contributed by atoms with Crippen LogP contribution in [-0.4, -0.2) is 0 Å². The molecular weight excluding hydrogens is 373 g/mol. The minimum atomic E-state index is 0.649. The second-order valence-electron chi connectivity index (χ2n) is 5.44. The molecule has 0 aliphatic rings. The molecular formula is C20H18Cl2P2. The molecule has 0 aromatic heterocycles. The van der Waals surface area contributed by atoms with E-state index >= 15 is 0 Å². The normalized spacial score (nSPS) is 11.8. The van der Waals surface area contributed by atoms with Gasteiger partial charge in [-0.25, -0.2) is 0 Å². The van der Waals surface area contributed by atoms with Gasteiger partial charge in [0.15, 0.2) is 0 Å². The largest absolute Gasteiger partial charge is 0.0859 e. The summed E-state index contributed by atoms with van der Waals surface area (Å²) < 4.78 is 0. The first-order valence-corrected chi connectivity index (χ1v) is 10.9. The zero-order valence-electron chi connectivity index (χ0n) is 13.1. The number of benzene rings is 3. The van der Waals surface area contributed by atoms with Gasteiger partial charge in [0.2, 0.25) is 0 Å². The standard InChI is InChI=1S/C20H18Cl2P2/c21-19-12-11-15(13-23-16-7-3-1-4-8-16)18(20(19)22)14-24-17-9-5-2-6-10-17/h1-12,23-24H,13-14H2. The molecule has 0 amide bonds. The van der Waals surface area contributed by atoms with Gasteiger partial charge < -0.3 is 0 Å². The van der Waals surface area contributed by atoms with Crippen LogP contribution in [0.25, 0.3) is 0 Å². The zero-order valence-corrected chi connectivity index (χ0v) is 16.6. The number of rotatable bonds is 6. The maximum atomic E-state index is 6.52. The van der Waals surface area contributed by atoms with E-state index in [4.69, 9.17) is 23.2 Å². The highest BCUT2D eigenvalue weighted by Crippen LogP contribution is 2.35. The van der Waals surface area contributed by atoms with Crippen LogP contribution in [0.1, 0.15) is 11.1 Å². The molecule has 3 aromatic rings. The first-order chi connectivity index (χ1) is 11.7. The lowest BCUT2D eigenvalue weighted by Gasteiger charge is -2.13. The quantitative estimate of drug-likeness (QED) is 0.452. The topological polar surface area (TPSA) is 0 Å². The lowest BCUT2D eigenvalue weighted by atomic mass is 10.1. The van der Waals surface area contributed by atoms with Gasteiger partial charge in [0.25, 0.3) is 0 Å². The van der Waals surface area contributed by atoms with E-state index in [9.17, 15) is 0 Å². The highest BCUT2D eigenvalue weighted by Gasteiger charge is 2.11. The minimum absolute atomic E-state index is 0.649. The third-order valence-corrected chi connectivity index (χ3v) is 7.21. The van der Waals surface area contributed by atoms with Crippen LogP contribution in [0.4, 0.5) is 0 Å². The molecule has 0 saturated carbocycles. The van der Waals surface area contributed by atoms with Gasteiger partial charge in [-0.3, -0.25) is 0 Å². The van der Waals surface area contributed by atoms with Crippen molar-refractivity contribution in [3.8, 4) is 0 Å². The van der Waals surface area contributed by atoms with E-state index in [1.807, 2.05) is 12.1 Å². The molecule has 0 fully saturated rings. The van der Waals surface area contributed by atoms with Gasteiger partial charge in [0.05, 0.1) is 10.0 Å². The molecule has 0 aliphatic carbocycles. The molecule has 0 saturated heterocycles. The van der Waals surface area contributed by atoms with Crippen LogP contribution in [0.15, 0.2) is 72.8 Å². The number of hydrogen-bond acceptors (Lipinski definition) is 0. The van der Waals surface area contributed by atoms with Crippen LogP contribution < -0.4 is 10.6 Å². The summed E-state index contributed by atoms with van der Waals surface area (Å²) in [4.78, 5) is 0. The van der Waals surface area contributed by atoms with E-state index in [-0.39, 0.29) is 0 Å². The molecule has 0 heterocycles. The van der Waals surface area contributed by atoms with Crippen molar-refractivity contribution in [1.82, 2.24) is 0 Å². The summed E-state index contributed by atoms with van der Waals surface area (Å²) in [5.41, 5.74) is 2.52. The fraction of sp³-hybridized carbons (Fsp3) is 0.100. The Kier molecular flexibility index (Phi) is 6.70. The average molecular weight is 391 g/mol. The van der Waals surface area contributed by atoms with Crippen LogP contribution in [0.3, 0.4) is 0 Å². The van der Waals surface area contributed by atoms with Crippen LogP contribution in [-0.2, 0) is 12.3 Å². The van der Waals surface area contributed by atoms with Gasteiger partial charge in [0, 0.05) is 0 Å². The summed E-state index contributed by atoms with van der Waals surface area (Å²) in [6, 6.07) is 25.2. The molecule has 0 bridgehead atoms. The molecule has 24 heavy (non-hydrogen) atoms. The van der Waals surface area contributed by atoms with Crippen molar-refractivity contribution in [2.24, 2.45) is 0 Å². The van der Waals surface area contributed by atoms with Crippen molar-refractivity contribution in [2.45, 2.75) is 12.3 Å². The van der Waals surface area contributed by atoms with E-state index in [0.29, 0.717) is 13.6 Å². The molecule has 3 aromatic carbocycles. The molecule has 2 atom stereocenters. The van der Waals surface area contributed by atoms with Gasteiger partial charge >= 0.3 is 0 Å². The van der Waals surface area contributed by atoms with E-state index in [1.165, 1.54) is 21.7 Å². The Hall–Kier alpha value is -0.900. The van der Waals surface area contributed by atoms with Crippen molar-refractivity contribution in [2.75, 3.05) is 0 Å². The second-order valence-corrected chi connectivity index (χ2v) is 8.79. The number of hydrogen-bond donors (Lipinski definition) is 0. The van der Waals surface area contributed by atoms with Gasteiger partial charge in [-0.1, -0.05) is 107 Å². The van der Waals surface area contributed by atoms with Crippen LogP contribution in [0.5, 0.6) is 0 Å². The molecule has 2 unspecified atom stereocenters. The molecule has 0 N–H and O–H groups in total. The predicted molar refractivity (Wildman–Crippen MR) is 113 cm³/mol. The first kappa shape index (κ1) is 17.9. The smallest absolute Gasteiger partial charge is 0.0630 e. The Bertz CT molecular complexity index is 789. The summed E-state index contributed by atoms with van der Waals surface area (Å²) in [5, 5.41) is 4.09. The summed E-state index contributed by atoms with van der Waals surface area (Å²) in [5.74, 6) is 0. The third-order valence-electron chi connectivity index (χ3n) is 3.79. The second kappa shape index (κ2) is 8.98. The van der Waals surface area contributed by atoms with E-state index < -0.39 is 0 Å². The third kappa shape index (κ3) is 4.81. The first-order valence-electron chi connectivity index (χ1n) is 7.77. The Morgan fingerprint density at radius 3 is 1.75 bits per heavy atom. The van der Waals surface area contributed by atoms with Gasteiger partial charge in [0.1, 0.15) is 0 Å². The van der Waals surface area contributed by atoms with Crippen molar-refractivity contribution in [1.29, 1.82) is 0 Å². The van der Waals surface area contributed by atoms with Crippen molar-refractivity contribution in [3.63, 3.8) is 0 Å².